The highest BCUT2D eigenvalue weighted by atomic mass is 16.1. The van der Waals surface area contributed by atoms with Crippen LogP contribution in [-0.4, -0.2) is 25.0 Å². The van der Waals surface area contributed by atoms with Crippen molar-refractivity contribution in [3.63, 3.8) is 0 Å². The fraction of sp³-hybridized carbons (Fsp3) is 0.533. The molecule has 0 saturated heterocycles. The summed E-state index contributed by atoms with van der Waals surface area (Å²) in [5, 5.41) is 3.10. The number of aryl methyl sites for hydroxylation is 2. The lowest BCUT2D eigenvalue weighted by molar-refractivity contribution is -0.123. The molecule has 1 N–H and O–H groups in total. The second kappa shape index (κ2) is 5.71. The van der Waals surface area contributed by atoms with Gasteiger partial charge in [0, 0.05) is 45.3 Å². The molecule has 6 nitrogen and oxygen atoms in total. The number of carbonyl (C=O) groups is 1. The highest BCUT2D eigenvalue weighted by molar-refractivity contribution is 5.77. The Morgan fingerprint density at radius 3 is 2.19 bits per heavy atom. The average Bonchev–Trinajstić information content (AvgIpc) is 3.00. The van der Waals surface area contributed by atoms with Gasteiger partial charge >= 0.3 is 0 Å². The zero-order valence-corrected chi connectivity index (χ0v) is 12.5. The smallest absolute Gasteiger partial charge is 0.221 e. The Bertz CT molecular complexity index is 585. The molecule has 0 spiro atoms. The van der Waals surface area contributed by atoms with Crippen LogP contribution in [0.1, 0.15) is 43.4 Å². The highest BCUT2D eigenvalue weighted by Crippen LogP contribution is 2.29. The minimum absolute atomic E-state index is 0.0794. The van der Waals surface area contributed by atoms with Gasteiger partial charge in [-0.1, -0.05) is 6.42 Å². The number of nitrogens with zero attached hydrogens (tertiary/aromatic N) is 4. The highest BCUT2D eigenvalue weighted by Gasteiger charge is 2.27. The van der Waals surface area contributed by atoms with E-state index in [-0.39, 0.29) is 11.9 Å². The zero-order chi connectivity index (χ0) is 14.8. The molecule has 21 heavy (non-hydrogen) atoms. The quantitative estimate of drug-likeness (QED) is 0.907. The van der Waals surface area contributed by atoms with E-state index in [0.29, 0.717) is 12.3 Å². The summed E-state index contributed by atoms with van der Waals surface area (Å²) in [5.74, 6) is 2.22. The van der Waals surface area contributed by atoms with Crippen molar-refractivity contribution in [3.05, 3.63) is 36.4 Å². The maximum atomic E-state index is 12.3. The van der Waals surface area contributed by atoms with Gasteiger partial charge in [-0.15, -0.1) is 0 Å². The zero-order valence-electron chi connectivity index (χ0n) is 12.5. The van der Waals surface area contributed by atoms with Gasteiger partial charge in [-0.05, 0) is 18.8 Å². The van der Waals surface area contributed by atoms with Crippen LogP contribution >= 0.6 is 0 Å². The summed E-state index contributed by atoms with van der Waals surface area (Å²) in [7, 11) is 3.85. The first-order chi connectivity index (χ1) is 10.1. The lowest BCUT2D eigenvalue weighted by Gasteiger charge is -2.26. The Labute approximate surface area is 124 Å². The molecular weight excluding hydrogens is 266 g/mol. The second-order valence-corrected chi connectivity index (χ2v) is 5.79. The van der Waals surface area contributed by atoms with Gasteiger partial charge in [0.25, 0.3) is 0 Å². The first-order valence-electron chi connectivity index (χ1n) is 7.39. The Balaban J connectivity index is 1.81. The van der Waals surface area contributed by atoms with Crippen LogP contribution < -0.4 is 5.32 Å². The molecule has 2 aromatic rings. The maximum absolute atomic E-state index is 12.3. The average molecular weight is 287 g/mol. The number of hydrogen-bond acceptors (Lipinski definition) is 3. The number of imidazole rings is 2. The van der Waals surface area contributed by atoms with Crippen LogP contribution in [0, 0.1) is 5.92 Å². The molecule has 1 amide bonds. The predicted molar refractivity (Wildman–Crippen MR) is 78.4 cm³/mol. The molecule has 2 heterocycles. The molecule has 2 aromatic heterocycles. The third-order valence-corrected chi connectivity index (χ3v) is 4.24. The van der Waals surface area contributed by atoms with Crippen LogP contribution in [0.5, 0.6) is 0 Å². The Kier molecular flexibility index (Phi) is 3.77. The lowest BCUT2D eigenvalue weighted by atomic mass is 9.83. The van der Waals surface area contributed by atoms with E-state index in [4.69, 9.17) is 0 Å². The molecule has 1 aliphatic rings. The van der Waals surface area contributed by atoms with Crippen molar-refractivity contribution in [3.8, 4) is 0 Å². The van der Waals surface area contributed by atoms with E-state index in [1.54, 1.807) is 12.4 Å². The van der Waals surface area contributed by atoms with Crippen molar-refractivity contribution in [1.82, 2.24) is 24.4 Å². The molecule has 0 bridgehead atoms. The SMILES string of the molecule is Cn1ccnc1C(NC(=O)CC1CCC1)c1nccn1C. The van der Waals surface area contributed by atoms with Crippen LogP contribution in [0.15, 0.2) is 24.8 Å². The van der Waals surface area contributed by atoms with Crippen molar-refractivity contribution < 1.29 is 4.79 Å². The standard InChI is InChI=1S/C15H21N5O/c1-19-8-6-16-14(19)13(15-17-7-9-20(15)2)18-12(21)10-11-4-3-5-11/h6-9,11,13H,3-5,10H2,1-2H3,(H,18,21). The number of amides is 1. The van der Waals surface area contributed by atoms with Gasteiger partial charge in [-0.2, -0.15) is 0 Å². The number of hydrogen-bond donors (Lipinski definition) is 1. The molecule has 1 aliphatic carbocycles. The van der Waals surface area contributed by atoms with E-state index in [2.05, 4.69) is 15.3 Å². The Hall–Kier alpha value is -2.11. The number of rotatable bonds is 5. The summed E-state index contributed by atoms with van der Waals surface area (Å²) >= 11 is 0. The summed E-state index contributed by atoms with van der Waals surface area (Å²) in [6.45, 7) is 0. The van der Waals surface area contributed by atoms with Crippen molar-refractivity contribution in [2.45, 2.75) is 31.7 Å². The van der Waals surface area contributed by atoms with Crippen molar-refractivity contribution in [2.75, 3.05) is 0 Å². The predicted octanol–water partition coefficient (Wildman–Crippen LogP) is 1.55. The van der Waals surface area contributed by atoms with E-state index in [9.17, 15) is 4.79 Å². The van der Waals surface area contributed by atoms with Crippen molar-refractivity contribution in [1.29, 1.82) is 0 Å². The third-order valence-electron chi connectivity index (χ3n) is 4.24. The molecule has 3 rings (SSSR count). The van der Waals surface area contributed by atoms with Gasteiger partial charge < -0.3 is 14.5 Å². The minimum atomic E-state index is -0.308. The fourth-order valence-corrected chi connectivity index (χ4v) is 2.73. The molecule has 6 heteroatoms. The first kappa shape index (κ1) is 13.9. The van der Waals surface area contributed by atoms with E-state index < -0.39 is 0 Å². The molecule has 0 unspecified atom stereocenters. The summed E-state index contributed by atoms with van der Waals surface area (Å²) in [6.07, 6.45) is 11.4. The third kappa shape index (κ3) is 2.84. The topological polar surface area (TPSA) is 64.7 Å². The minimum Gasteiger partial charge on any atom is -0.339 e. The van der Waals surface area contributed by atoms with Crippen LogP contribution in [-0.2, 0) is 18.9 Å². The monoisotopic (exact) mass is 287 g/mol. The van der Waals surface area contributed by atoms with Crippen molar-refractivity contribution >= 4 is 5.91 Å². The second-order valence-electron chi connectivity index (χ2n) is 5.79. The van der Waals surface area contributed by atoms with E-state index in [0.717, 1.165) is 11.6 Å². The van der Waals surface area contributed by atoms with E-state index in [1.165, 1.54) is 19.3 Å². The molecule has 0 atom stereocenters. The van der Waals surface area contributed by atoms with Gasteiger partial charge in [-0.3, -0.25) is 4.79 Å². The van der Waals surface area contributed by atoms with E-state index >= 15 is 0 Å². The van der Waals surface area contributed by atoms with Crippen LogP contribution in [0.3, 0.4) is 0 Å². The molecular formula is C15H21N5O. The normalized spacial score (nSPS) is 15.2. The lowest BCUT2D eigenvalue weighted by Crippen LogP contribution is -2.34. The van der Waals surface area contributed by atoms with Crippen LogP contribution in [0.2, 0.25) is 0 Å². The van der Waals surface area contributed by atoms with Crippen LogP contribution in [0.25, 0.3) is 0 Å². The molecule has 0 radical (unpaired) electrons. The largest absolute Gasteiger partial charge is 0.339 e. The van der Waals surface area contributed by atoms with E-state index in [1.807, 2.05) is 35.6 Å². The summed E-state index contributed by atoms with van der Waals surface area (Å²) in [4.78, 5) is 21.0. The van der Waals surface area contributed by atoms with Crippen molar-refractivity contribution in [2.24, 2.45) is 20.0 Å². The van der Waals surface area contributed by atoms with Gasteiger partial charge in [0.1, 0.15) is 17.7 Å². The summed E-state index contributed by atoms with van der Waals surface area (Å²) < 4.78 is 3.84. The summed E-state index contributed by atoms with van der Waals surface area (Å²) in [6, 6.07) is -0.308. The molecule has 1 fully saturated rings. The van der Waals surface area contributed by atoms with Gasteiger partial charge in [-0.25, -0.2) is 9.97 Å². The molecule has 0 aromatic carbocycles. The van der Waals surface area contributed by atoms with Gasteiger partial charge in [0.15, 0.2) is 0 Å². The molecule has 112 valence electrons. The first-order valence-corrected chi connectivity index (χ1v) is 7.39. The number of carbonyl (C=O) groups excluding carboxylic acids is 1. The molecule has 0 aliphatic heterocycles. The van der Waals surface area contributed by atoms with Gasteiger partial charge in [0.2, 0.25) is 5.91 Å². The molecule has 1 saturated carbocycles. The fourth-order valence-electron chi connectivity index (χ4n) is 2.73. The number of aromatic nitrogens is 4. The summed E-state index contributed by atoms with van der Waals surface area (Å²) in [5.41, 5.74) is 0. The number of nitrogens with one attached hydrogen (secondary N) is 1. The maximum Gasteiger partial charge on any atom is 0.221 e. The van der Waals surface area contributed by atoms with Crippen LogP contribution in [0.4, 0.5) is 0 Å². The Morgan fingerprint density at radius 2 is 1.81 bits per heavy atom. The Morgan fingerprint density at radius 1 is 1.24 bits per heavy atom. The van der Waals surface area contributed by atoms with Gasteiger partial charge in [0.05, 0.1) is 0 Å².